The van der Waals surface area contributed by atoms with E-state index in [1.54, 1.807) is 0 Å². The van der Waals surface area contributed by atoms with Crippen LogP contribution in [0.15, 0.2) is 24.3 Å². The minimum atomic E-state index is -1.67. The van der Waals surface area contributed by atoms with Crippen molar-refractivity contribution >= 4 is 5.91 Å². The first-order valence-corrected chi connectivity index (χ1v) is 27.7. The number of allylic oxidation sites excluding steroid dienone is 4. The Labute approximate surface area is 404 Å². The van der Waals surface area contributed by atoms with Gasteiger partial charge in [0.05, 0.1) is 25.4 Å². The number of hydrogen-bond donors (Lipinski definition) is 8. The molecule has 1 rings (SSSR count). The molecule has 9 atom stereocenters. The van der Waals surface area contributed by atoms with Gasteiger partial charge < -0.3 is 50.5 Å². The van der Waals surface area contributed by atoms with Crippen LogP contribution in [0.3, 0.4) is 0 Å². The molecule has 0 aromatic heterocycles. The molecule has 0 aromatic carbocycles. The average Bonchev–Trinajstić information content (AvgIpc) is 3.32. The number of rotatable bonds is 47. The summed E-state index contributed by atoms with van der Waals surface area (Å²) in [6.45, 7) is 3.46. The van der Waals surface area contributed by atoms with Crippen molar-refractivity contribution in [3.05, 3.63) is 24.3 Å². The van der Waals surface area contributed by atoms with Gasteiger partial charge in [-0.3, -0.25) is 4.79 Å². The molecule has 1 aliphatic rings. The summed E-state index contributed by atoms with van der Waals surface area (Å²) in [6.07, 6.45) is 40.8. The molecule has 0 aromatic rings. The van der Waals surface area contributed by atoms with Crippen molar-refractivity contribution in [1.82, 2.24) is 5.32 Å². The first-order valence-electron chi connectivity index (χ1n) is 27.7. The molecular formula is C55H105NO10. The molecule has 66 heavy (non-hydrogen) atoms. The number of carbonyl (C=O) groups is 1. The summed E-state index contributed by atoms with van der Waals surface area (Å²) in [5.41, 5.74) is 0. The standard InChI is InChI=1S/C55H105NO10/c1-3-5-7-9-11-13-15-17-19-21-23-24-25-27-28-30-32-34-36-38-40-42-47(58)50(60)46(45-65-55-53(63)52(62)51(61)49(44-57)66-55)56-54(64)48(59)43-41-39-37-35-33-31-29-26-22-20-18-16-14-12-10-8-6-4-2/h22,26,34,36,46-53,55,57-63H,3-21,23-25,27-33,35,37-45H2,1-2H3,(H,56,64)/b26-22-,36-34+. The molecule has 1 amide bonds. The van der Waals surface area contributed by atoms with Crippen molar-refractivity contribution in [3.8, 4) is 0 Å². The minimum absolute atomic E-state index is 0.248. The topological polar surface area (TPSA) is 189 Å². The van der Waals surface area contributed by atoms with Gasteiger partial charge in [0.25, 0.3) is 0 Å². The lowest BCUT2D eigenvalue weighted by Gasteiger charge is -2.40. The summed E-state index contributed by atoms with van der Waals surface area (Å²) in [5.74, 6) is -0.709. The zero-order valence-corrected chi connectivity index (χ0v) is 42.4. The third-order valence-corrected chi connectivity index (χ3v) is 13.5. The maximum absolute atomic E-state index is 13.1. The Morgan fingerprint density at radius 2 is 0.894 bits per heavy atom. The molecule has 1 aliphatic heterocycles. The van der Waals surface area contributed by atoms with Gasteiger partial charge >= 0.3 is 0 Å². The van der Waals surface area contributed by atoms with Gasteiger partial charge in [-0.2, -0.15) is 0 Å². The van der Waals surface area contributed by atoms with E-state index in [9.17, 15) is 40.5 Å². The molecule has 0 saturated carbocycles. The van der Waals surface area contributed by atoms with Crippen LogP contribution in [-0.4, -0.2) is 110 Å². The van der Waals surface area contributed by atoms with Crippen LogP contribution in [0.1, 0.15) is 251 Å². The van der Waals surface area contributed by atoms with Crippen LogP contribution >= 0.6 is 0 Å². The quantitative estimate of drug-likeness (QED) is 0.0215. The number of hydrogen-bond acceptors (Lipinski definition) is 10. The highest BCUT2D eigenvalue weighted by Gasteiger charge is 2.44. The highest BCUT2D eigenvalue weighted by atomic mass is 16.7. The second kappa shape index (κ2) is 44.8. The lowest BCUT2D eigenvalue weighted by molar-refractivity contribution is -0.303. The monoisotopic (exact) mass is 940 g/mol. The normalized spacial score (nSPS) is 20.9. The zero-order chi connectivity index (χ0) is 48.3. The number of aliphatic hydroxyl groups is 7. The van der Waals surface area contributed by atoms with Gasteiger partial charge in [-0.1, -0.05) is 212 Å². The molecule has 11 heteroatoms. The number of aliphatic hydroxyl groups excluding tert-OH is 7. The van der Waals surface area contributed by atoms with Gasteiger partial charge in [0, 0.05) is 0 Å². The highest BCUT2D eigenvalue weighted by molar-refractivity contribution is 5.80. The van der Waals surface area contributed by atoms with Gasteiger partial charge in [-0.15, -0.1) is 0 Å². The molecule has 1 fully saturated rings. The van der Waals surface area contributed by atoms with Crippen molar-refractivity contribution < 1.29 is 50.0 Å². The first kappa shape index (κ1) is 62.6. The summed E-state index contributed by atoms with van der Waals surface area (Å²) in [4.78, 5) is 13.1. The van der Waals surface area contributed by atoms with Crippen LogP contribution in [-0.2, 0) is 14.3 Å². The summed E-state index contributed by atoms with van der Waals surface area (Å²) in [7, 11) is 0. The number of nitrogens with one attached hydrogen (secondary N) is 1. The van der Waals surface area contributed by atoms with E-state index in [1.807, 2.05) is 0 Å². The molecule has 0 spiro atoms. The zero-order valence-electron chi connectivity index (χ0n) is 42.4. The largest absolute Gasteiger partial charge is 0.394 e. The molecule has 0 bridgehead atoms. The Hall–Kier alpha value is -1.41. The molecule has 1 heterocycles. The number of unbranched alkanes of at least 4 members (excludes halogenated alkanes) is 31. The molecule has 11 nitrogen and oxygen atoms in total. The fourth-order valence-corrected chi connectivity index (χ4v) is 8.91. The molecule has 0 aliphatic carbocycles. The van der Waals surface area contributed by atoms with Gasteiger partial charge in [0.2, 0.25) is 5.91 Å². The Bertz CT molecular complexity index is 1120. The van der Waals surface area contributed by atoms with E-state index in [2.05, 4.69) is 43.5 Å². The van der Waals surface area contributed by atoms with Crippen LogP contribution in [0, 0.1) is 0 Å². The van der Waals surface area contributed by atoms with E-state index in [0.717, 1.165) is 57.8 Å². The molecule has 0 radical (unpaired) electrons. The number of amides is 1. The predicted molar refractivity (Wildman–Crippen MR) is 270 cm³/mol. The highest BCUT2D eigenvalue weighted by Crippen LogP contribution is 2.23. The number of carbonyl (C=O) groups excluding carboxylic acids is 1. The lowest BCUT2D eigenvalue weighted by atomic mass is 9.98. The van der Waals surface area contributed by atoms with Crippen molar-refractivity contribution in [3.63, 3.8) is 0 Å². The Morgan fingerprint density at radius 1 is 0.515 bits per heavy atom. The van der Waals surface area contributed by atoms with Gasteiger partial charge in [0.1, 0.15) is 36.6 Å². The van der Waals surface area contributed by atoms with E-state index >= 15 is 0 Å². The van der Waals surface area contributed by atoms with Crippen molar-refractivity contribution in [1.29, 1.82) is 0 Å². The first-order chi connectivity index (χ1) is 32.2. The summed E-state index contributed by atoms with van der Waals surface area (Å²) in [5, 5.41) is 76.0. The lowest BCUT2D eigenvalue weighted by Crippen LogP contribution is -2.60. The summed E-state index contributed by atoms with van der Waals surface area (Å²) in [6, 6.07) is -1.19. The average molecular weight is 940 g/mol. The van der Waals surface area contributed by atoms with E-state index in [4.69, 9.17) is 9.47 Å². The van der Waals surface area contributed by atoms with E-state index < -0.39 is 74.2 Å². The second-order valence-corrected chi connectivity index (χ2v) is 19.6. The van der Waals surface area contributed by atoms with Gasteiger partial charge in [0.15, 0.2) is 6.29 Å². The van der Waals surface area contributed by atoms with Crippen molar-refractivity contribution in [2.45, 2.75) is 306 Å². The fourth-order valence-electron chi connectivity index (χ4n) is 8.91. The minimum Gasteiger partial charge on any atom is -0.394 e. The van der Waals surface area contributed by atoms with Gasteiger partial charge in [-0.05, 0) is 64.2 Å². The van der Waals surface area contributed by atoms with E-state index in [-0.39, 0.29) is 12.8 Å². The second-order valence-electron chi connectivity index (χ2n) is 19.6. The van der Waals surface area contributed by atoms with Crippen molar-refractivity contribution in [2.75, 3.05) is 13.2 Å². The third kappa shape index (κ3) is 33.2. The van der Waals surface area contributed by atoms with Crippen LogP contribution < -0.4 is 5.32 Å². The molecular weight excluding hydrogens is 835 g/mol. The maximum atomic E-state index is 13.1. The molecule has 1 saturated heterocycles. The SMILES string of the molecule is CCCCCCCCCC/C=C\CCCCCCCCC(O)C(=O)NC(COC1OC(CO)C(O)C(O)C1O)C(O)C(O)CCC/C=C/CCCCCCCCCCCCCCCCCC. The smallest absolute Gasteiger partial charge is 0.249 e. The van der Waals surface area contributed by atoms with Crippen LogP contribution in [0.5, 0.6) is 0 Å². The predicted octanol–water partition coefficient (Wildman–Crippen LogP) is 11.0. The molecule has 9 unspecified atom stereocenters. The Kier molecular flexibility index (Phi) is 42.5. The Balaban J connectivity index is 2.37. The van der Waals surface area contributed by atoms with Crippen LogP contribution in [0.4, 0.5) is 0 Å². The van der Waals surface area contributed by atoms with Crippen LogP contribution in [0.25, 0.3) is 0 Å². The van der Waals surface area contributed by atoms with Crippen LogP contribution in [0.2, 0.25) is 0 Å². The third-order valence-electron chi connectivity index (χ3n) is 13.5. The summed E-state index contributed by atoms with van der Waals surface area (Å²) >= 11 is 0. The van der Waals surface area contributed by atoms with Crippen molar-refractivity contribution in [2.24, 2.45) is 0 Å². The van der Waals surface area contributed by atoms with E-state index in [0.29, 0.717) is 12.8 Å². The molecule has 8 N–H and O–H groups in total. The molecule has 390 valence electrons. The number of ether oxygens (including phenoxy) is 2. The summed E-state index contributed by atoms with van der Waals surface area (Å²) < 4.78 is 11.1. The maximum Gasteiger partial charge on any atom is 0.249 e. The van der Waals surface area contributed by atoms with E-state index in [1.165, 1.54) is 154 Å². The fraction of sp³-hybridized carbons (Fsp3) is 0.909. The van der Waals surface area contributed by atoms with Gasteiger partial charge in [-0.25, -0.2) is 0 Å². The Morgan fingerprint density at radius 3 is 1.30 bits per heavy atom.